The zero-order chi connectivity index (χ0) is 17.7. The molecule has 3 aromatic rings. The van der Waals surface area contributed by atoms with Gasteiger partial charge in [-0.2, -0.15) is 5.10 Å². The molecule has 0 saturated carbocycles. The van der Waals surface area contributed by atoms with Crippen LogP contribution in [0.4, 0.5) is 5.82 Å². The predicted molar refractivity (Wildman–Crippen MR) is 107 cm³/mol. The second-order valence-electron chi connectivity index (χ2n) is 7.56. The average Bonchev–Trinajstić information content (AvgIpc) is 3.06. The minimum absolute atomic E-state index is 0.508. The molecule has 3 aromatic heterocycles. The van der Waals surface area contributed by atoms with Crippen LogP contribution >= 0.6 is 11.3 Å². The zero-order valence-corrected chi connectivity index (χ0v) is 16.6. The molecule has 0 spiro atoms. The van der Waals surface area contributed by atoms with Crippen molar-refractivity contribution in [1.82, 2.24) is 19.7 Å². The first-order valence-corrected chi connectivity index (χ1v) is 9.99. The van der Waals surface area contributed by atoms with Gasteiger partial charge in [0.15, 0.2) is 5.82 Å². The van der Waals surface area contributed by atoms with Crippen molar-refractivity contribution in [3.63, 3.8) is 0 Å². The molecule has 0 radical (unpaired) electrons. The third-order valence-electron chi connectivity index (χ3n) is 5.35. The van der Waals surface area contributed by atoms with E-state index in [0.29, 0.717) is 12.1 Å². The van der Waals surface area contributed by atoms with Gasteiger partial charge < -0.3 is 10.2 Å². The number of nitrogens with one attached hydrogen (secondary N) is 1. The molecule has 0 aliphatic carbocycles. The molecule has 4 rings (SSSR count). The van der Waals surface area contributed by atoms with Crippen LogP contribution in [0.3, 0.4) is 0 Å². The van der Waals surface area contributed by atoms with Crippen molar-refractivity contribution in [3.05, 3.63) is 17.3 Å². The Morgan fingerprint density at radius 3 is 2.64 bits per heavy atom. The molecular weight excluding hydrogens is 330 g/mol. The van der Waals surface area contributed by atoms with Crippen molar-refractivity contribution in [1.29, 1.82) is 0 Å². The van der Waals surface area contributed by atoms with Crippen LogP contribution in [0.5, 0.6) is 0 Å². The highest BCUT2D eigenvalue weighted by molar-refractivity contribution is 7.26. The van der Waals surface area contributed by atoms with E-state index in [1.807, 2.05) is 11.7 Å². The Morgan fingerprint density at radius 1 is 1.24 bits per heavy atom. The second kappa shape index (κ2) is 6.25. The number of pyridine rings is 1. The van der Waals surface area contributed by atoms with E-state index in [-0.39, 0.29) is 0 Å². The molecule has 1 N–H and O–H groups in total. The predicted octanol–water partition coefficient (Wildman–Crippen LogP) is 4.08. The van der Waals surface area contributed by atoms with Gasteiger partial charge in [0, 0.05) is 43.3 Å². The number of piperidine rings is 1. The summed E-state index contributed by atoms with van der Waals surface area (Å²) in [7, 11) is 2.04. The fourth-order valence-electron chi connectivity index (χ4n) is 3.99. The number of hydrogen-bond donors (Lipinski definition) is 1. The number of thiophene rings is 1. The second-order valence-corrected chi connectivity index (χ2v) is 8.56. The monoisotopic (exact) mass is 357 g/mol. The van der Waals surface area contributed by atoms with Crippen LogP contribution in [-0.4, -0.2) is 44.8 Å². The molecule has 0 bridgehead atoms. The van der Waals surface area contributed by atoms with Crippen LogP contribution in [0.1, 0.15) is 37.9 Å². The minimum atomic E-state index is 0.508. The molecule has 0 amide bonds. The fourth-order valence-corrected chi connectivity index (χ4v) is 5.26. The smallest absolute Gasteiger partial charge is 0.166 e. The molecule has 1 saturated heterocycles. The maximum absolute atomic E-state index is 4.79. The molecule has 25 heavy (non-hydrogen) atoms. The van der Waals surface area contributed by atoms with Gasteiger partial charge in [-0.15, -0.1) is 11.3 Å². The Morgan fingerprint density at radius 2 is 1.96 bits per heavy atom. The van der Waals surface area contributed by atoms with Gasteiger partial charge in [-0.05, 0) is 52.2 Å². The molecule has 0 atom stereocenters. The first-order chi connectivity index (χ1) is 11.9. The lowest BCUT2D eigenvalue weighted by molar-refractivity contribution is 0.177. The summed E-state index contributed by atoms with van der Waals surface area (Å²) in [6, 6.07) is 3.31. The van der Waals surface area contributed by atoms with Gasteiger partial charge in [-0.3, -0.25) is 4.68 Å². The largest absolute Gasteiger partial charge is 0.365 e. The number of nitrogens with zero attached hydrogens (tertiary/aromatic N) is 4. The van der Waals surface area contributed by atoms with Crippen molar-refractivity contribution >= 4 is 37.6 Å². The van der Waals surface area contributed by atoms with Crippen molar-refractivity contribution in [2.75, 3.05) is 18.4 Å². The third-order valence-corrected chi connectivity index (χ3v) is 6.43. The molecule has 1 aliphatic heterocycles. The van der Waals surface area contributed by atoms with Crippen LogP contribution in [0.2, 0.25) is 0 Å². The number of rotatable bonds is 3. The number of aromatic nitrogens is 3. The molecular formula is C19H27N5S. The summed E-state index contributed by atoms with van der Waals surface area (Å²) in [6.45, 7) is 11.1. The zero-order valence-electron chi connectivity index (χ0n) is 15.8. The number of likely N-dealkylation sites (tertiary alicyclic amines) is 1. The summed E-state index contributed by atoms with van der Waals surface area (Å²) < 4.78 is 3.26. The van der Waals surface area contributed by atoms with Gasteiger partial charge in [-0.25, -0.2) is 4.98 Å². The summed E-state index contributed by atoms with van der Waals surface area (Å²) in [4.78, 5) is 8.43. The third kappa shape index (κ3) is 2.91. The van der Waals surface area contributed by atoms with Crippen LogP contribution < -0.4 is 5.32 Å². The molecule has 134 valence electrons. The van der Waals surface area contributed by atoms with E-state index in [1.54, 1.807) is 11.3 Å². The fraction of sp³-hybridized carbons (Fsp3) is 0.579. The summed E-state index contributed by atoms with van der Waals surface area (Å²) in [5.74, 6) is 1.03. The first-order valence-electron chi connectivity index (χ1n) is 9.18. The SMILES string of the molecule is Cc1cc(C)c2c(n1)sc1c(NC3CCN(C(C)C)CC3)nn(C)c12. The molecule has 5 nitrogen and oxygen atoms in total. The van der Waals surface area contributed by atoms with Gasteiger partial charge >= 0.3 is 0 Å². The number of fused-ring (bicyclic) bond motifs is 3. The van der Waals surface area contributed by atoms with Crippen molar-refractivity contribution in [2.24, 2.45) is 7.05 Å². The number of aryl methyl sites for hydroxylation is 3. The maximum atomic E-state index is 4.79. The highest BCUT2D eigenvalue weighted by Crippen LogP contribution is 2.39. The van der Waals surface area contributed by atoms with Gasteiger partial charge in [0.25, 0.3) is 0 Å². The Balaban J connectivity index is 1.66. The van der Waals surface area contributed by atoms with Crippen molar-refractivity contribution in [3.8, 4) is 0 Å². The molecule has 6 heteroatoms. The van der Waals surface area contributed by atoms with E-state index in [1.165, 1.54) is 34.0 Å². The lowest BCUT2D eigenvalue weighted by atomic mass is 10.0. The Labute approximate surface area is 153 Å². The van der Waals surface area contributed by atoms with E-state index in [4.69, 9.17) is 10.1 Å². The maximum Gasteiger partial charge on any atom is 0.166 e. The van der Waals surface area contributed by atoms with E-state index in [9.17, 15) is 0 Å². The number of hydrogen-bond acceptors (Lipinski definition) is 5. The standard InChI is InChI=1S/C19H27N5S/c1-11(2)24-8-6-14(7-9-24)21-18-17-16(23(5)22-18)15-12(3)10-13(4)20-19(15)25-17/h10-11,14H,6-9H2,1-5H3,(H,21,22). The van der Waals surface area contributed by atoms with Gasteiger partial charge in [0.05, 0.1) is 10.2 Å². The normalized spacial score (nSPS) is 17.2. The Hall–Kier alpha value is -1.66. The summed E-state index contributed by atoms with van der Waals surface area (Å²) in [5, 5.41) is 9.76. The van der Waals surface area contributed by atoms with Crippen molar-refractivity contribution < 1.29 is 0 Å². The Kier molecular flexibility index (Phi) is 4.20. The number of anilines is 1. The average molecular weight is 358 g/mol. The van der Waals surface area contributed by atoms with E-state index < -0.39 is 0 Å². The molecule has 0 aromatic carbocycles. The molecule has 4 heterocycles. The van der Waals surface area contributed by atoms with Gasteiger partial charge in [-0.1, -0.05) is 0 Å². The molecule has 1 fully saturated rings. The first kappa shape index (κ1) is 16.8. The topological polar surface area (TPSA) is 46.0 Å². The minimum Gasteiger partial charge on any atom is -0.365 e. The highest BCUT2D eigenvalue weighted by Gasteiger charge is 2.24. The summed E-state index contributed by atoms with van der Waals surface area (Å²) >= 11 is 1.76. The summed E-state index contributed by atoms with van der Waals surface area (Å²) in [5.41, 5.74) is 3.58. The lowest BCUT2D eigenvalue weighted by Crippen LogP contribution is -2.42. The highest BCUT2D eigenvalue weighted by atomic mass is 32.1. The quantitative estimate of drug-likeness (QED) is 0.767. The van der Waals surface area contributed by atoms with E-state index >= 15 is 0 Å². The Bertz CT molecular complexity index is 915. The van der Waals surface area contributed by atoms with Crippen LogP contribution in [0.15, 0.2) is 6.07 Å². The van der Waals surface area contributed by atoms with E-state index in [0.717, 1.165) is 29.4 Å². The van der Waals surface area contributed by atoms with Crippen molar-refractivity contribution in [2.45, 2.75) is 52.6 Å². The van der Waals surface area contributed by atoms with Gasteiger partial charge in [0.2, 0.25) is 0 Å². The van der Waals surface area contributed by atoms with Crippen LogP contribution in [-0.2, 0) is 7.05 Å². The summed E-state index contributed by atoms with van der Waals surface area (Å²) in [6.07, 6.45) is 2.36. The lowest BCUT2D eigenvalue weighted by Gasteiger charge is -2.34. The van der Waals surface area contributed by atoms with Crippen LogP contribution in [0.25, 0.3) is 20.4 Å². The van der Waals surface area contributed by atoms with E-state index in [2.05, 4.69) is 44.0 Å². The van der Waals surface area contributed by atoms with Gasteiger partial charge in [0.1, 0.15) is 4.83 Å². The van der Waals surface area contributed by atoms with Crippen LogP contribution in [0, 0.1) is 13.8 Å². The molecule has 0 unspecified atom stereocenters. The molecule has 1 aliphatic rings.